The summed E-state index contributed by atoms with van der Waals surface area (Å²) in [5, 5.41) is 4.05. The molecule has 0 bridgehead atoms. The molecule has 7 heteroatoms. The minimum Gasteiger partial charge on any atom is -0.377 e. The number of methoxy groups -OCH3 is 1. The molecule has 0 saturated heterocycles. The van der Waals surface area contributed by atoms with Crippen LogP contribution in [0.15, 0.2) is 22.7 Å². The Balaban J connectivity index is 2.04. The van der Waals surface area contributed by atoms with Crippen molar-refractivity contribution < 1.29 is 18.4 Å². The number of benzene rings is 1. The Labute approximate surface area is 119 Å². The van der Waals surface area contributed by atoms with Crippen LogP contribution in [0.1, 0.15) is 17.3 Å². The van der Waals surface area contributed by atoms with Crippen LogP contribution in [0.25, 0.3) is 0 Å². The number of hydrogen-bond donors (Lipinski definition) is 0. The first-order chi connectivity index (χ1) is 9.58. The summed E-state index contributed by atoms with van der Waals surface area (Å²) < 4.78 is 22.6. The largest absolute Gasteiger partial charge is 0.377 e. The third-order valence-corrected chi connectivity index (χ3v) is 2.88. The molecule has 0 aliphatic heterocycles. The zero-order valence-corrected chi connectivity index (χ0v) is 11.5. The summed E-state index contributed by atoms with van der Waals surface area (Å²) in [6.45, 7) is 0.00149. The van der Waals surface area contributed by atoms with Gasteiger partial charge in [0, 0.05) is 18.6 Å². The third-order valence-electron chi connectivity index (χ3n) is 2.53. The average molecular weight is 299 g/mol. The van der Waals surface area contributed by atoms with Crippen molar-refractivity contribution >= 4 is 17.4 Å². The van der Waals surface area contributed by atoms with Crippen LogP contribution in [0.3, 0.4) is 0 Å². The molecule has 0 fully saturated rings. The summed E-state index contributed by atoms with van der Waals surface area (Å²) in [6.07, 6.45) is 0.332. The molecule has 0 N–H and O–H groups in total. The van der Waals surface area contributed by atoms with Gasteiger partial charge < -0.3 is 9.26 Å². The molecule has 2 rings (SSSR count). The van der Waals surface area contributed by atoms with Gasteiger partial charge in [-0.1, -0.05) is 22.8 Å². The number of rotatable bonds is 6. The molecular formula is C13H12ClFN2O3. The van der Waals surface area contributed by atoms with Gasteiger partial charge in [-0.05, 0) is 17.7 Å². The van der Waals surface area contributed by atoms with Gasteiger partial charge in [0.25, 0.3) is 0 Å². The molecule has 106 valence electrons. The molecule has 0 saturated carbocycles. The number of ketones is 1. The fraction of sp³-hybridized carbons (Fsp3) is 0.308. The van der Waals surface area contributed by atoms with Gasteiger partial charge in [-0.25, -0.2) is 4.39 Å². The molecule has 0 atom stereocenters. The maximum absolute atomic E-state index is 12.9. The molecule has 20 heavy (non-hydrogen) atoms. The minimum absolute atomic E-state index is 0.00149. The lowest BCUT2D eigenvalue weighted by Crippen LogP contribution is -2.09. The van der Waals surface area contributed by atoms with E-state index in [4.69, 9.17) is 20.9 Å². The lowest BCUT2D eigenvalue weighted by Gasteiger charge is -2.00. The fourth-order valence-electron chi connectivity index (χ4n) is 1.65. The highest BCUT2D eigenvalue weighted by molar-refractivity contribution is 6.31. The highest BCUT2D eigenvalue weighted by Crippen LogP contribution is 2.19. The monoisotopic (exact) mass is 298 g/mol. The summed E-state index contributed by atoms with van der Waals surface area (Å²) in [4.78, 5) is 15.4. The molecule has 0 aliphatic carbocycles. The van der Waals surface area contributed by atoms with Crippen LogP contribution in [0.4, 0.5) is 4.39 Å². The highest BCUT2D eigenvalue weighted by atomic mass is 35.5. The van der Waals surface area contributed by atoms with Crippen molar-refractivity contribution in [1.82, 2.24) is 10.1 Å². The summed E-state index contributed by atoms with van der Waals surface area (Å²) >= 11 is 5.91. The van der Waals surface area contributed by atoms with Gasteiger partial charge in [0.15, 0.2) is 11.6 Å². The molecule has 1 aromatic carbocycles. The first-order valence-electron chi connectivity index (χ1n) is 5.84. The lowest BCUT2D eigenvalue weighted by atomic mass is 10.1. The van der Waals surface area contributed by atoms with Crippen LogP contribution in [0.2, 0.25) is 5.02 Å². The molecule has 1 aromatic heterocycles. The van der Waals surface area contributed by atoms with E-state index >= 15 is 0 Å². The summed E-state index contributed by atoms with van der Waals surface area (Å²) in [7, 11) is 1.44. The Hall–Kier alpha value is -1.79. The summed E-state index contributed by atoms with van der Waals surface area (Å²) in [6, 6.07) is 4.09. The van der Waals surface area contributed by atoms with E-state index in [2.05, 4.69) is 10.1 Å². The normalized spacial score (nSPS) is 10.8. The highest BCUT2D eigenvalue weighted by Gasteiger charge is 2.12. The number of nitrogens with zero attached hydrogens (tertiary/aromatic N) is 2. The second-order valence-electron chi connectivity index (χ2n) is 4.17. The van der Waals surface area contributed by atoms with Crippen LogP contribution < -0.4 is 0 Å². The number of carbonyl (C=O) groups is 1. The van der Waals surface area contributed by atoms with Crippen molar-refractivity contribution in [2.24, 2.45) is 0 Å². The van der Waals surface area contributed by atoms with Gasteiger partial charge in [-0.15, -0.1) is 0 Å². The van der Waals surface area contributed by atoms with Crippen LogP contribution >= 0.6 is 11.6 Å². The first-order valence-corrected chi connectivity index (χ1v) is 6.22. The SMILES string of the molecule is COCC(=O)Cc1nc(Cc2ccc(F)cc2Cl)no1. The maximum Gasteiger partial charge on any atom is 0.234 e. The van der Waals surface area contributed by atoms with E-state index < -0.39 is 5.82 Å². The van der Waals surface area contributed by atoms with Crippen LogP contribution in [0, 0.1) is 5.82 Å². The number of Topliss-reactive ketones (excluding diaryl/α,β-unsaturated/α-hetero) is 1. The van der Waals surface area contributed by atoms with Crippen LogP contribution in [0.5, 0.6) is 0 Å². The number of hydrogen-bond acceptors (Lipinski definition) is 5. The Kier molecular flexibility index (Phi) is 4.81. The summed E-state index contributed by atoms with van der Waals surface area (Å²) in [5.41, 5.74) is 0.684. The second-order valence-corrected chi connectivity index (χ2v) is 4.57. The van der Waals surface area contributed by atoms with E-state index in [1.165, 1.54) is 19.2 Å². The Morgan fingerprint density at radius 2 is 2.30 bits per heavy atom. The molecule has 0 radical (unpaired) electrons. The van der Waals surface area contributed by atoms with Gasteiger partial charge in [0.1, 0.15) is 12.4 Å². The van der Waals surface area contributed by atoms with Crippen molar-refractivity contribution in [3.8, 4) is 0 Å². The lowest BCUT2D eigenvalue weighted by molar-refractivity contribution is -0.122. The van der Waals surface area contributed by atoms with Crippen LogP contribution in [-0.2, 0) is 22.4 Å². The van der Waals surface area contributed by atoms with Crippen molar-refractivity contribution in [2.45, 2.75) is 12.8 Å². The Bertz CT molecular complexity index is 615. The second kappa shape index (κ2) is 6.58. The molecule has 5 nitrogen and oxygen atoms in total. The number of aromatic nitrogens is 2. The van der Waals surface area contributed by atoms with Gasteiger partial charge in [0.05, 0.1) is 6.42 Å². The molecule has 2 aromatic rings. The molecule has 0 spiro atoms. The zero-order chi connectivity index (χ0) is 14.5. The Morgan fingerprint density at radius 1 is 1.50 bits per heavy atom. The van der Waals surface area contributed by atoms with Gasteiger partial charge in [-0.2, -0.15) is 4.98 Å². The number of ether oxygens (including phenoxy) is 1. The third kappa shape index (κ3) is 3.85. The van der Waals surface area contributed by atoms with Crippen LogP contribution in [-0.4, -0.2) is 29.6 Å². The predicted molar refractivity (Wildman–Crippen MR) is 69.1 cm³/mol. The standard InChI is InChI=1S/C13H12ClFN2O3/c1-19-7-10(18)6-13-16-12(17-20-13)4-8-2-3-9(15)5-11(8)14/h2-3,5H,4,6-7H2,1H3. The van der Waals surface area contributed by atoms with Crippen molar-refractivity contribution in [1.29, 1.82) is 0 Å². The fourth-order valence-corrected chi connectivity index (χ4v) is 1.88. The van der Waals surface area contributed by atoms with E-state index in [-0.39, 0.29) is 24.7 Å². The molecule has 1 heterocycles. The smallest absolute Gasteiger partial charge is 0.234 e. The van der Waals surface area contributed by atoms with E-state index in [9.17, 15) is 9.18 Å². The van der Waals surface area contributed by atoms with Crippen molar-refractivity contribution in [3.05, 3.63) is 46.3 Å². The predicted octanol–water partition coefficient (Wildman–Crippen LogP) is 2.21. The maximum atomic E-state index is 12.9. The summed E-state index contributed by atoms with van der Waals surface area (Å²) in [5.74, 6) is 0.0548. The van der Waals surface area contributed by atoms with Crippen molar-refractivity contribution in [2.75, 3.05) is 13.7 Å². The Morgan fingerprint density at radius 3 is 3.00 bits per heavy atom. The minimum atomic E-state index is -0.405. The quantitative estimate of drug-likeness (QED) is 0.818. The van der Waals surface area contributed by atoms with E-state index in [1.54, 1.807) is 6.07 Å². The topological polar surface area (TPSA) is 65.2 Å². The van der Waals surface area contributed by atoms with E-state index in [0.29, 0.717) is 22.8 Å². The molecule has 0 unspecified atom stereocenters. The van der Waals surface area contributed by atoms with Gasteiger partial charge in [-0.3, -0.25) is 4.79 Å². The molecular weight excluding hydrogens is 287 g/mol. The van der Waals surface area contributed by atoms with E-state index in [1.807, 2.05) is 0 Å². The first kappa shape index (κ1) is 14.6. The molecule has 0 amide bonds. The number of carbonyl (C=O) groups excluding carboxylic acids is 1. The van der Waals surface area contributed by atoms with E-state index in [0.717, 1.165) is 0 Å². The van der Waals surface area contributed by atoms with Gasteiger partial charge in [0.2, 0.25) is 5.89 Å². The average Bonchev–Trinajstić information content (AvgIpc) is 2.80. The zero-order valence-electron chi connectivity index (χ0n) is 10.7. The number of halogens is 2. The molecule has 0 aliphatic rings. The van der Waals surface area contributed by atoms with Gasteiger partial charge >= 0.3 is 0 Å². The van der Waals surface area contributed by atoms with Crippen molar-refractivity contribution in [3.63, 3.8) is 0 Å².